The van der Waals surface area contributed by atoms with Gasteiger partial charge < -0.3 is 14.8 Å². The predicted molar refractivity (Wildman–Crippen MR) is 64.9 cm³/mol. The average Bonchev–Trinajstić information content (AvgIpc) is 2.38. The lowest BCUT2D eigenvalue weighted by molar-refractivity contribution is 0.151. The van der Waals surface area contributed by atoms with E-state index in [1.54, 1.807) is 31.2 Å². The molecule has 7 heteroatoms. The van der Waals surface area contributed by atoms with Gasteiger partial charge in [-0.15, -0.1) is 0 Å². The monoisotopic (exact) mass is 250 g/mol. The SMILES string of the molecule is CCOC(=O)NCc1ccc(OCN=[N+]=[N-])cc1. The normalized spacial score (nSPS) is 9.17. The standard InChI is InChI=1S/C11H14N4O3/c1-2-17-11(16)13-7-9-3-5-10(6-4-9)18-8-14-15-12/h3-6H,2,7-8H2,1H3,(H,13,16). The van der Waals surface area contributed by atoms with Gasteiger partial charge in [-0.25, -0.2) is 4.79 Å². The van der Waals surface area contributed by atoms with Crippen molar-refractivity contribution in [3.05, 3.63) is 40.3 Å². The third-order valence-corrected chi connectivity index (χ3v) is 1.99. The summed E-state index contributed by atoms with van der Waals surface area (Å²) < 4.78 is 9.86. The molecule has 1 rings (SSSR count). The zero-order chi connectivity index (χ0) is 13.2. The average molecular weight is 250 g/mol. The molecule has 0 aliphatic heterocycles. The number of nitrogens with one attached hydrogen (secondary N) is 1. The van der Waals surface area contributed by atoms with Crippen LogP contribution < -0.4 is 10.1 Å². The summed E-state index contributed by atoms with van der Waals surface area (Å²) in [7, 11) is 0. The van der Waals surface area contributed by atoms with Gasteiger partial charge >= 0.3 is 6.09 Å². The Morgan fingerprint density at radius 2 is 2.17 bits per heavy atom. The summed E-state index contributed by atoms with van der Waals surface area (Å²) >= 11 is 0. The Hall–Kier alpha value is -2.40. The molecule has 0 atom stereocenters. The highest BCUT2D eigenvalue weighted by Crippen LogP contribution is 2.12. The van der Waals surface area contributed by atoms with Crippen molar-refractivity contribution >= 4 is 6.09 Å². The van der Waals surface area contributed by atoms with Gasteiger partial charge in [0.15, 0.2) is 6.73 Å². The van der Waals surface area contributed by atoms with Gasteiger partial charge in [0, 0.05) is 11.5 Å². The van der Waals surface area contributed by atoms with E-state index in [2.05, 4.69) is 15.3 Å². The van der Waals surface area contributed by atoms with Crippen LogP contribution >= 0.6 is 0 Å². The fraction of sp³-hybridized carbons (Fsp3) is 0.364. The van der Waals surface area contributed by atoms with E-state index in [9.17, 15) is 4.79 Å². The molecule has 0 radical (unpaired) electrons. The molecule has 0 aliphatic carbocycles. The second-order valence-corrected chi connectivity index (χ2v) is 3.22. The highest BCUT2D eigenvalue weighted by atomic mass is 16.5. The maximum atomic E-state index is 11.1. The number of carbonyl (C=O) groups excluding carboxylic acids is 1. The minimum atomic E-state index is -0.443. The molecule has 96 valence electrons. The van der Waals surface area contributed by atoms with Crippen LogP contribution in [0.3, 0.4) is 0 Å². The molecule has 0 unspecified atom stereocenters. The summed E-state index contributed by atoms with van der Waals surface area (Å²) in [5.41, 5.74) is 9.00. The molecule has 0 aliphatic rings. The molecule has 7 nitrogen and oxygen atoms in total. The molecule has 0 heterocycles. The first-order valence-electron chi connectivity index (χ1n) is 5.39. The number of ether oxygens (including phenoxy) is 2. The molecule has 0 fully saturated rings. The lowest BCUT2D eigenvalue weighted by Gasteiger charge is -2.06. The molecule has 0 saturated heterocycles. The Balaban J connectivity index is 2.40. The number of alkyl carbamates (subject to hydrolysis) is 1. The van der Waals surface area contributed by atoms with Crippen molar-refractivity contribution < 1.29 is 14.3 Å². The van der Waals surface area contributed by atoms with Crippen molar-refractivity contribution in [2.45, 2.75) is 13.5 Å². The summed E-state index contributed by atoms with van der Waals surface area (Å²) in [6, 6.07) is 7.07. The molecule has 0 spiro atoms. The fourth-order valence-electron chi connectivity index (χ4n) is 1.19. The molecule has 1 aromatic carbocycles. The second-order valence-electron chi connectivity index (χ2n) is 3.22. The molecular formula is C11H14N4O3. The van der Waals surface area contributed by atoms with Crippen LogP contribution in [-0.4, -0.2) is 19.4 Å². The summed E-state index contributed by atoms with van der Waals surface area (Å²) in [6.45, 7) is 2.43. The van der Waals surface area contributed by atoms with Crippen LogP contribution in [0, 0.1) is 0 Å². The first-order chi connectivity index (χ1) is 8.76. The van der Waals surface area contributed by atoms with Crippen molar-refractivity contribution in [2.24, 2.45) is 5.11 Å². The minimum absolute atomic E-state index is 0.0447. The third-order valence-electron chi connectivity index (χ3n) is 1.99. The largest absolute Gasteiger partial charge is 0.488 e. The van der Waals surface area contributed by atoms with Gasteiger partial charge in [-0.1, -0.05) is 17.2 Å². The molecule has 1 N–H and O–H groups in total. The lowest BCUT2D eigenvalue weighted by Crippen LogP contribution is -2.23. The van der Waals surface area contributed by atoms with Gasteiger partial charge in [-0.3, -0.25) is 0 Å². The van der Waals surface area contributed by atoms with Crippen LogP contribution in [0.5, 0.6) is 5.75 Å². The molecule has 1 amide bonds. The molecule has 0 aromatic heterocycles. The predicted octanol–water partition coefficient (Wildman–Crippen LogP) is 2.58. The number of azide groups is 1. The zero-order valence-electron chi connectivity index (χ0n) is 10.00. The van der Waals surface area contributed by atoms with Gasteiger partial charge in [0.2, 0.25) is 0 Å². The first-order valence-corrected chi connectivity index (χ1v) is 5.39. The van der Waals surface area contributed by atoms with E-state index in [0.29, 0.717) is 18.9 Å². The van der Waals surface area contributed by atoms with Crippen LogP contribution in [0.1, 0.15) is 12.5 Å². The molecule has 0 saturated carbocycles. The highest BCUT2D eigenvalue weighted by molar-refractivity contribution is 5.67. The second kappa shape index (κ2) is 7.81. The van der Waals surface area contributed by atoms with Gasteiger partial charge in [0.1, 0.15) is 5.75 Å². The maximum Gasteiger partial charge on any atom is 0.407 e. The van der Waals surface area contributed by atoms with Gasteiger partial charge in [0.05, 0.1) is 6.61 Å². The summed E-state index contributed by atoms with van der Waals surface area (Å²) in [5, 5.41) is 5.86. The van der Waals surface area contributed by atoms with E-state index in [0.717, 1.165) is 5.56 Å². The Kier molecular flexibility index (Phi) is 5.93. The topological polar surface area (TPSA) is 96.3 Å². The Bertz CT molecular complexity index is 426. The Morgan fingerprint density at radius 1 is 1.44 bits per heavy atom. The van der Waals surface area contributed by atoms with Crippen molar-refractivity contribution in [3.63, 3.8) is 0 Å². The van der Waals surface area contributed by atoms with Crippen LogP contribution in [0.2, 0.25) is 0 Å². The number of hydrogen-bond donors (Lipinski definition) is 1. The van der Waals surface area contributed by atoms with Crippen LogP contribution in [-0.2, 0) is 11.3 Å². The Morgan fingerprint density at radius 3 is 2.78 bits per heavy atom. The van der Waals surface area contributed by atoms with Gasteiger partial charge in [0.25, 0.3) is 0 Å². The molecule has 1 aromatic rings. The number of carbonyl (C=O) groups is 1. The maximum absolute atomic E-state index is 11.1. The van der Waals surface area contributed by atoms with Crippen molar-refractivity contribution in [1.82, 2.24) is 5.32 Å². The van der Waals surface area contributed by atoms with Crippen molar-refractivity contribution in [2.75, 3.05) is 13.3 Å². The van der Waals surface area contributed by atoms with Gasteiger partial charge in [-0.05, 0) is 30.2 Å². The van der Waals surface area contributed by atoms with Crippen LogP contribution in [0.25, 0.3) is 10.4 Å². The number of rotatable bonds is 6. The number of hydrogen-bond acceptors (Lipinski definition) is 4. The van der Waals surface area contributed by atoms with E-state index >= 15 is 0 Å². The third kappa shape index (κ3) is 5.09. The summed E-state index contributed by atoms with van der Waals surface area (Å²) in [6.07, 6.45) is -0.443. The summed E-state index contributed by atoms with van der Waals surface area (Å²) in [4.78, 5) is 13.6. The quantitative estimate of drug-likeness (QED) is 0.477. The highest BCUT2D eigenvalue weighted by Gasteiger charge is 2.00. The zero-order valence-corrected chi connectivity index (χ0v) is 10.00. The van der Waals surface area contributed by atoms with Gasteiger partial charge in [-0.2, -0.15) is 0 Å². The van der Waals surface area contributed by atoms with E-state index in [1.165, 1.54) is 0 Å². The molecule has 18 heavy (non-hydrogen) atoms. The molecule has 0 bridgehead atoms. The lowest BCUT2D eigenvalue weighted by atomic mass is 10.2. The van der Waals surface area contributed by atoms with Crippen molar-refractivity contribution in [1.29, 1.82) is 0 Å². The Labute approximate surface area is 104 Å². The number of nitrogens with zero attached hydrogens (tertiary/aromatic N) is 3. The minimum Gasteiger partial charge on any atom is -0.488 e. The number of amides is 1. The first kappa shape index (κ1) is 13.7. The van der Waals surface area contributed by atoms with E-state index in [-0.39, 0.29) is 6.73 Å². The van der Waals surface area contributed by atoms with Crippen LogP contribution in [0.15, 0.2) is 29.4 Å². The van der Waals surface area contributed by atoms with E-state index in [4.69, 9.17) is 15.0 Å². The molecular weight excluding hydrogens is 236 g/mol. The van der Waals surface area contributed by atoms with E-state index in [1.807, 2.05) is 0 Å². The van der Waals surface area contributed by atoms with E-state index < -0.39 is 6.09 Å². The fourth-order valence-corrected chi connectivity index (χ4v) is 1.19. The van der Waals surface area contributed by atoms with Crippen molar-refractivity contribution in [3.8, 4) is 5.75 Å². The van der Waals surface area contributed by atoms with Crippen LogP contribution in [0.4, 0.5) is 4.79 Å². The summed E-state index contributed by atoms with van der Waals surface area (Å²) in [5.74, 6) is 0.599. The smallest absolute Gasteiger partial charge is 0.407 e. The number of benzene rings is 1.